The molecule has 170 valence electrons. The predicted molar refractivity (Wildman–Crippen MR) is 144 cm³/mol. The van der Waals surface area contributed by atoms with Gasteiger partial charge in [-0.3, -0.25) is 9.98 Å². The number of nitrogens with zero attached hydrogens (tertiary/aromatic N) is 2. The first-order chi connectivity index (χ1) is 16.7. The molecule has 1 aliphatic rings. The second-order valence-electron chi connectivity index (χ2n) is 8.39. The fourth-order valence-electron chi connectivity index (χ4n) is 4.51. The number of hydrogen-bond donors (Lipinski definition) is 4. The summed E-state index contributed by atoms with van der Waals surface area (Å²) in [5.74, 6) is 1.90. The van der Waals surface area contributed by atoms with Crippen LogP contribution in [0.4, 0.5) is 0 Å². The second kappa shape index (κ2) is 8.50. The molecule has 6 rings (SSSR count). The van der Waals surface area contributed by atoms with Gasteiger partial charge in [0, 0.05) is 53.1 Å². The number of benzene rings is 2. The smallest absolute Gasteiger partial charge is 0.128 e. The van der Waals surface area contributed by atoms with Crippen molar-refractivity contribution in [3.05, 3.63) is 71.8 Å². The third-order valence-electron chi connectivity index (χ3n) is 6.17. The number of thiophene rings is 1. The Kier molecular flexibility index (Phi) is 5.19. The molecule has 0 saturated carbocycles. The molecule has 0 aliphatic carbocycles. The highest BCUT2D eigenvalue weighted by molar-refractivity contribution is 7.18. The number of H-pyrrole nitrogens is 2. The van der Waals surface area contributed by atoms with Crippen LogP contribution in [0.15, 0.2) is 70.6 Å². The Morgan fingerprint density at radius 3 is 2.29 bits per heavy atom. The lowest BCUT2D eigenvalue weighted by atomic mass is 10.1. The molecule has 0 fully saturated rings. The first kappa shape index (κ1) is 20.7. The van der Waals surface area contributed by atoms with Gasteiger partial charge in [-0.1, -0.05) is 24.3 Å². The highest BCUT2D eigenvalue weighted by Crippen LogP contribution is 2.36. The van der Waals surface area contributed by atoms with E-state index in [1.165, 1.54) is 20.5 Å². The average molecular weight is 467 g/mol. The molecule has 4 heterocycles. The number of hydrogen-bond acceptors (Lipinski definition) is 4. The molecule has 3 aromatic heterocycles. The van der Waals surface area contributed by atoms with Crippen LogP contribution in [0.5, 0.6) is 0 Å². The van der Waals surface area contributed by atoms with Gasteiger partial charge in [0.15, 0.2) is 0 Å². The summed E-state index contributed by atoms with van der Waals surface area (Å²) in [6, 6.07) is 21.8. The summed E-state index contributed by atoms with van der Waals surface area (Å²) in [7, 11) is 1.82. The minimum Gasteiger partial charge on any atom is -0.370 e. The van der Waals surface area contributed by atoms with Crippen LogP contribution in [0, 0.1) is 0 Å². The van der Waals surface area contributed by atoms with Crippen molar-refractivity contribution in [2.45, 2.75) is 6.92 Å². The van der Waals surface area contributed by atoms with Crippen LogP contribution < -0.4 is 10.6 Å². The maximum Gasteiger partial charge on any atom is 0.128 e. The zero-order valence-electron chi connectivity index (χ0n) is 19.2. The SMILES string of the molecule is CCN/C(=N\C)c1ccc2cc(-c3ccc(-c4cc5ccc(C6=NCCN6)cc5[nH]4)s3)[nH]c2c1. The molecule has 0 spiro atoms. The number of amidine groups is 2. The number of aromatic nitrogens is 2. The summed E-state index contributed by atoms with van der Waals surface area (Å²) in [6.45, 7) is 4.69. The number of aromatic amines is 2. The van der Waals surface area contributed by atoms with E-state index in [1.807, 2.05) is 7.05 Å². The summed E-state index contributed by atoms with van der Waals surface area (Å²) < 4.78 is 0. The summed E-state index contributed by atoms with van der Waals surface area (Å²) in [6.07, 6.45) is 0. The molecule has 6 nitrogen and oxygen atoms in total. The van der Waals surface area contributed by atoms with E-state index in [2.05, 4.69) is 98.2 Å². The highest BCUT2D eigenvalue weighted by Gasteiger charge is 2.13. The van der Waals surface area contributed by atoms with Gasteiger partial charge in [0.2, 0.25) is 0 Å². The van der Waals surface area contributed by atoms with Gasteiger partial charge in [-0.05, 0) is 43.3 Å². The van der Waals surface area contributed by atoms with E-state index in [4.69, 9.17) is 0 Å². The topological polar surface area (TPSA) is 80.4 Å². The third-order valence-corrected chi connectivity index (χ3v) is 7.32. The Balaban J connectivity index is 1.30. The van der Waals surface area contributed by atoms with Gasteiger partial charge in [0.05, 0.1) is 27.7 Å². The number of aliphatic imine (C=N–C) groups is 2. The van der Waals surface area contributed by atoms with Crippen LogP contribution in [0.3, 0.4) is 0 Å². The van der Waals surface area contributed by atoms with Gasteiger partial charge in [0.25, 0.3) is 0 Å². The highest BCUT2D eigenvalue weighted by atomic mass is 32.1. The maximum absolute atomic E-state index is 4.54. The molecular formula is C27H26N6S. The van der Waals surface area contributed by atoms with E-state index in [-0.39, 0.29) is 0 Å². The summed E-state index contributed by atoms with van der Waals surface area (Å²) in [5.41, 5.74) is 6.73. The van der Waals surface area contributed by atoms with Crippen LogP contribution in [0.1, 0.15) is 18.1 Å². The monoisotopic (exact) mass is 466 g/mol. The van der Waals surface area contributed by atoms with Crippen molar-refractivity contribution >= 4 is 44.8 Å². The van der Waals surface area contributed by atoms with E-state index in [9.17, 15) is 0 Å². The third kappa shape index (κ3) is 3.68. The largest absolute Gasteiger partial charge is 0.370 e. The van der Waals surface area contributed by atoms with Crippen LogP contribution in [-0.2, 0) is 0 Å². The van der Waals surface area contributed by atoms with Crippen molar-refractivity contribution in [1.29, 1.82) is 0 Å². The molecular weight excluding hydrogens is 440 g/mol. The lowest BCUT2D eigenvalue weighted by Gasteiger charge is -2.07. The van der Waals surface area contributed by atoms with E-state index < -0.39 is 0 Å². The van der Waals surface area contributed by atoms with Gasteiger partial charge in [-0.15, -0.1) is 11.3 Å². The number of fused-ring (bicyclic) bond motifs is 2. The Hall–Kier alpha value is -3.84. The zero-order chi connectivity index (χ0) is 23.1. The number of rotatable bonds is 5. The van der Waals surface area contributed by atoms with Crippen molar-refractivity contribution in [2.24, 2.45) is 9.98 Å². The van der Waals surface area contributed by atoms with E-state index >= 15 is 0 Å². The Labute approximate surface area is 201 Å². The zero-order valence-corrected chi connectivity index (χ0v) is 20.0. The molecule has 0 bridgehead atoms. The van der Waals surface area contributed by atoms with E-state index in [0.717, 1.165) is 64.9 Å². The van der Waals surface area contributed by atoms with Gasteiger partial charge in [-0.25, -0.2) is 0 Å². The Bertz CT molecular complexity index is 1560. The van der Waals surface area contributed by atoms with Gasteiger partial charge < -0.3 is 20.6 Å². The second-order valence-corrected chi connectivity index (χ2v) is 9.48. The van der Waals surface area contributed by atoms with E-state index in [0.29, 0.717) is 0 Å². The Morgan fingerprint density at radius 2 is 1.65 bits per heavy atom. The van der Waals surface area contributed by atoms with Crippen molar-refractivity contribution in [3.8, 4) is 21.1 Å². The molecule has 34 heavy (non-hydrogen) atoms. The molecule has 1 aliphatic heterocycles. The molecule has 7 heteroatoms. The standard InChI is InChI=1S/C27H26N6S/c1-3-29-26(28-2)18-6-4-16-12-22(32-20(16)14-18)24-8-9-25(34-24)23-13-17-5-7-19(15-21(17)33-23)27-30-10-11-31-27/h4-9,12-15,32-33H,3,10-11H2,1-2H3,(H,28,29)(H,30,31). The van der Waals surface area contributed by atoms with Crippen LogP contribution in [0.2, 0.25) is 0 Å². The van der Waals surface area contributed by atoms with Crippen molar-refractivity contribution < 1.29 is 0 Å². The predicted octanol–water partition coefficient (Wildman–Crippen LogP) is 5.38. The fraction of sp³-hybridized carbons (Fsp3) is 0.185. The fourth-order valence-corrected chi connectivity index (χ4v) is 5.46. The van der Waals surface area contributed by atoms with Crippen molar-refractivity contribution in [1.82, 2.24) is 20.6 Å². The molecule has 0 amide bonds. The van der Waals surface area contributed by atoms with Gasteiger partial charge in [-0.2, -0.15) is 0 Å². The van der Waals surface area contributed by atoms with Crippen LogP contribution >= 0.6 is 11.3 Å². The van der Waals surface area contributed by atoms with E-state index in [1.54, 1.807) is 11.3 Å². The Morgan fingerprint density at radius 1 is 0.941 bits per heavy atom. The van der Waals surface area contributed by atoms with Crippen molar-refractivity contribution in [2.75, 3.05) is 26.7 Å². The maximum atomic E-state index is 4.54. The molecule has 0 unspecified atom stereocenters. The molecule has 0 radical (unpaired) electrons. The lowest BCUT2D eigenvalue weighted by Crippen LogP contribution is -2.23. The molecule has 4 N–H and O–H groups in total. The molecule has 0 saturated heterocycles. The first-order valence-corrected chi connectivity index (χ1v) is 12.4. The first-order valence-electron chi connectivity index (χ1n) is 11.6. The average Bonchev–Trinajstić information content (AvgIpc) is 3.66. The van der Waals surface area contributed by atoms with Crippen LogP contribution in [0.25, 0.3) is 42.9 Å². The summed E-state index contributed by atoms with van der Waals surface area (Å²) >= 11 is 1.79. The minimum absolute atomic E-state index is 0.847. The van der Waals surface area contributed by atoms with Crippen LogP contribution in [-0.4, -0.2) is 48.3 Å². The number of nitrogens with one attached hydrogen (secondary N) is 4. The normalized spacial score (nSPS) is 14.1. The van der Waals surface area contributed by atoms with Gasteiger partial charge >= 0.3 is 0 Å². The lowest BCUT2D eigenvalue weighted by molar-refractivity contribution is 0.960. The quantitative estimate of drug-likeness (QED) is 0.207. The minimum atomic E-state index is 0.847. The molecule has 2 aromatic carbocycles. The van der Waals surface area contributed by atoms with Gasteiger partial charge in [0.1, 0.15) is 11.7 Å². The molecule has 0 atom stereocenters. The van der Waals surface area contributed by atoms with Crippen molar-refractivity contribution in [3.63, 3.8) is 0 Å². The molecule has 5 aromatic rings. The summed E-state index contributed by atoms with van der Waals surface area (Å²) in [4.78, 5) is 18.6. The summed E-state index contributed by atoms with van der Waals surface area (Å²) in [5, 5.41) is 9.08.